The number of oxazole rings is 1. The first-order chi connectivity index (χ1) is 10.9. The maximum atomic E-state index is 11.9. The van der Waals surface area contributed by atoms with Crippen LogP contribution in [0.15, 0.2) is 10.7 Å². The summed E-state index contributed by atoms with van der Waals surface area (Å²) in [5, 5.41) is 3.23. The third kappa shape index (κ3) is 3.61. The fourth-order valence-electron chi connectivity index (χ4n) is 3.04. The molecule has 0 bridgehead atoms. The van der Waals surface area contributed by atoms with Crippen LogP contribution in [0, 0.1) is 6.92 Å². The zero-order chi connectivity index (χ0) is 16.4. The van der Waals surface area contributed by atoms with Gasteiger partial charge in [0.1, 0.15) is 6.33 Å². The van der Waals surface area contributed by atoms with Crippen LogP contribution in [0.2, 0.25) is 0 Å². The van der Waals surface area contributed by atoms with Crippen molar-refractivity contribution in [1.82, 2.24) is 19.3 Å². The lowest BCUT2D eigenvalue weighted by Crippen LogP contribution is -2.43. The summed E-state index contributed by atoms with van der Waals surface area (Å²) in [5.74, 6) is 1.16. The number of aryl methyl sites for hydroxylation is 1. The van der Waals surface area contributed by atoms with Crippen LogP contribution in [0.3, 0.4) is 0 Å². The zero-order valence-electron chi connectivity index (χ0n) is 13.3. The van der Waals surface area contributed by atoms with Crippen molar-refractivity contribution in [3.8, 4) is 0 Å². The van der Waals surface area contributed by atoms with Gasteiger partial charge in [-0.15, -0.1) is 0 Å². The summed E-state index contributed by atoms with van der Waals surface area (Å²) in [6.07, 6.45) is 6.34. The topological polar surface area (TPSA) is 101 Å². The Morgan fingerprint density at radius 2 is 2.22 bits per heavy atom. The van der Waals surface area contributed by atoms with E-state index < -0.39 is 10.0 Å². The van der Waals surface area contributed by atoms with Gasteiger partial charge in [0.15, 0.2) is 17.2 Å². The predicted molar refractivity (Wildman–Crippen MR) is 86.6 cm³/mol. The highest BCUT2D eigenvalue weighted by molar-refractivity contribution is 7.88. The lowest BCUT2D eigenvalue weighted by atomic mass is 10.0. The molecule has 1 saturated heterocycles. The van der Waals surface area contributed by atoms with Crippen LogP contribution < -0.4 is 5.32 Å². The Morgan fingerprint density at radius 3 is 3.00 bits per heavy atom. The molecule has 2 aromatic heterocycles. The van der Waals surface area contributed by atoms with E-state index in [4.69, 9.17) is 4.42 Å². The highest BCUT2D eigenvalue weighted by Gasteiger charge is 2.28. The molecule has 3 heterocycles. The van der Waals surface area contributed by atoms with Gasteiger partial charge in [-0.3, -0.25) is 0 Å². The van der Waals surface area contributed by atoms with E-state index in [2.05, 4.69) is 20.3 Å². The fourth-order valence-corrected chi connectivity index (χ4v) is 4.26. The molecule has 0 radical (unpaired) electrons. The zero-order valence-corrected chi connectivity index (χ0v) is 14.1. The summed E-state index contributed by atoms with van der Waals surface area (Å²) in [4.78, 5) is 12.5. The molecule has 1 aliphatic heterocycles. The van der Waals surface area contributed by atoms with Gasteiger partial charge >= 0.3 is 0 Å². The number of sulfonamides is 1. The smallest absolute Gasteiger partial charge is 0.252 e. The van der Waals surface area contributed by atoms with Crippen molar-refractivity contribution in [2.24, 2.45) is 0 Å². The third-order valence-corrected chi connectivity index (χ3v) is 5.40. The van der Waals surface area contributed by atoms with Crippen molar-refractivity contribution < 1.29 is 12.8 Å². The van der Waals surface area contributed by atoms with Crippen LogP contribution in [0.25, 0.3) is 11.2 Å². The van der Waals surface area contributed by atoms with E-state index in [0.29, 0.717) is 36.0 Å². The maximum Gasteiger partial charge on any atom is 0.252 e. The van der Waals surface area contributed by atoms with E-state index in [1.54, 1.807) is 11.2 Å². The molecule has 1 aliphatic rings. The average Bonchev–Trinajstić information content (AvgIpc) is 2.88. The molecule has 0 aliphatic carbocycles. The molecule has 0 amide bonds. The highest BCUT2D eigenvalue weighted by atomic mass is 32.2. The quantitative estimate of drug-likeness (QED) is 0.881. The normalized spacial score (nSPS) is 20.0. The molecule has 0 spiro atoms. The second-order valence-corrected chi connectivity index (χ2v) is 7.78. The molecule has 0 aromatic carbocycles. The molecule has 1 atom stereocenters. The number of fused-ring (bicyclic) bond motifs is 1. The molecule has 3 rings (SSSR count). The number of nitrogens with one attached hydrogen (secondary N) is 1. The second-order valence-electron chi connectivity index (χ2n) is 5.85. The Morgan fingerprint density at radius 1 is 1.39 bits per heavy atom. The molecule has 1 unspecified atom stereocenters. The Labute approximate surface area is 135 Å². The van der Waals surface area contributed by atoms with E-state index in [1.165, 1.54) is 12.6 Å². The lowest BCUT2D eigenvalue weighted by Gasteiger charge is -2.33. The van der Waals surface area contributed by atoms with E-state index >= 15 is 0 Å². The number of piperidine rings is 1. The average molecular weight is 339 g/mol. The molecular weight excluding hydrogens is 318 g/mol. The van der Waals surface area contributed by atoms with Crippen molar-refractivity contribution in [2.45, 2.75) is 38.6 Å². The summed E-state index contributed by atoms with van der Waals surface area (Å²) in [5.41, 5.74) is 1.06. The number of rotatable bonds is 5. The number of nitrogens with zero attached hydrogens (tertiary/aromatic N) is 4. The Balaban J connectivity index is 1.66. The minimum absolute atomic E-state index is 0.0441. The monoisotopic (exact) mass is 339 g/mol. The number of anilines is 1. The Kier molecular flexibility index (Phi) is 4.49. The second kappa shape index (κ2) is 6.40. The molecular formula is C14H21N5O3S. The summed E-state index contributed by atoms with van der Waals surface area (Å²) < 4.78 is 30.7. The van der Waals surface area contributed by atoms with E-state index in [1.807, 2.05) is 0 Å². The van der Waals surface area contributed by atoms with Gasteiger partial charge in [0.2, 0.25) is 10.0 Å². The molecule has 8 nitrogen and oxygen atoms in total. The maximum absolute atomic E-state index is 11.9. The number of hydrogen-bond donors (Lipinski definition) is 1. The van der Waals surface area contributed by atoms with Gasteiger partial charge in [-0.2, -0.15) is 9.29 Å². The van der Waals surface area contributed by atoms with Crippen molar-refractivity contribution in [2.75, 3.05) is 24.7 Å². The minimum atomic E-state index is -3.15. The number of aromatic nitrogens is 3. The van der Waals surface area contributed by atoms with Crippen LogP contribution in [-0.2, 0) is 10.0 Å². The van der Waals surface area contributed by atoms with Crippen LogP contribution in [0.5, 0.6) is 0 Å². The third-order valence-electron chi connectivity index (χ3n) is 4.07. The van der Waals surface area contributed by atoms with Crippen LogP contribution in [0.4, 0.5) is 5.82 Å². The summed E-state index contributed by atoms with van der Waals surface area (Å²) in [6, 6.07) is 0.0441. The lowest BCUT2D eigenvalue weighted by molar-refractivity contribution is 0.246. The van der Waals surface area contributed by atoms with Gasteiger partial charge in [-0.1, -0.05) is 6.42 Å². The van der Waals surface area contributed by atoms with Gasteiger partial charge in [0.25, 0.3) is 5.71 Å². The van der Waals surface area contributed by atoms with Crippen molar-refractivity contribution in [3.63, 3.8) is 0 Å². The minimum Gasteiger partial charge on any atom is -0.422 e. The van der Waals surface area contributed by atoms with Crippen LogP contribution in [0.1, 0.15) is 31.6 Å². The molecule has 1 N–H and O–H groups in total. The van der Waals surface area contributed by atoms with Crippen molar-refractivity contribution in [1.29, 1.82) is 0 Å². The summed E-state index contributed by atoms with van der Waals surface area (Å²) >= 11 is 0. The van der Waals surface area contributed by atoms with E-state index in [9.17, 15) is 8.42 Å². The molecule has 0 saturated carbocycles. The highest BCUT2D eigenvalue weighted by Crippen LogP contribution is 2.23. The van der Waals surface area contributed by atoms with Gasteiger partial charge in [-0.05, 0) is 19.3 Å². The van der Waals surface area contributed by atoms with Crippen LogP contribution >= 0.6 is 0 Å². The first-order valence-electron chi connectivity index (χ1n) is 7.74. The Bertz CT molecular complexity index is 789. The molecule has 9 heteroatoms. The van der Waals surface area contributed by atoms with Gasteiger partial charge in [0.05, 0.1) is 6.26 Å². The van der Waals surface area contributed by atoms with E-state index in [0.717, 1.165) is 25.7 Å². The number of hydrogen-bond acceptors (Lipinski definition) is 7. The Hall–Kier alpha value is -1.74. The molecule has 126 valence electrons. The van der Waals surface area contributed by atoms with E-state index in [-0.39, 0.29) is 6.04 Å². The fraction of sp³-hybridized carbons (Fsp3) is 0.643. The molecule has 2 aromatic rings. The van der Waals surface area contributed by atoms with Gasteiger partial charge < -0.3 is 9.73 Å². The first kappa shape index (κ1) is 16.1. The molecule has 23 heavy (non-hydrogen) atoms. The van der Waals surface area contributed by atoms with Gasteiger partial charge in [-0.25, -0.2) is 18.4 Å². The van der Waals surface area contributed by atoms with Crippen LogP contribution in [-0.4, -0.2) is 53.1 Å². The predicted octanol–water partition coefficient (Wildman–Crippen LogP) is 1.54. The summed E-state index contributed by atoms with van der Waals surface area (Å²) in [6.45, 7) is 3.00. The molecule has 1 fully saturated rings. The first-order valence-corrected chi connectivity index (χ1v) is 9.59. The van der Waals surface area contributed by atoms with Crippen molar-refractivity contribution in [3.05, 3.63) is 12.2 Å². The summed E-state index contributed by atoms with van der Waals surface area (Å²) in [7, 11) is -3.15. The van der Waals surface area contributed by atoms with Gasteiger partial charge in [0, 0.05) is 26.1 Å². The SMILES string of the molecule is Cc1nc2c(NCCC3CCCCN3S(C)(=O)=O)ncnc2o1. The van der Waals surface area contributed by atoms with Crippen molar-refractivity contribution >= 4 is 27.1 Å². The largest absolute Gasteiger partial charge is 0.422 e. The standard InChI is InChI=1S/C14H21N5O3S/c1-10-18-12-13(16-9-17-14(12)22-10)15-7-6-11-5-3-4-8-19(11)23(2,20)21/h9,11H,3-8H2,1-2H3,(H,15,16,17).